The Morgan fingerprint density at radius 2 is 1.90 bits per heavy atom. The van der Waals surface area contributed by atoms with Gasteiger partial charge in [0, 0.05) is 18.8 Å². The molecule has 1 rings (SSSR count). The summed E-state index contributed by atoms with van der Waals surface area (Å²) in [6, 6.07) is 7.04. The molecular weight excluding hydrogens is 286 g/mol. The van der Waals surface area contributed by atoms with Crippen LogP contribution in [0.1, 0.15) is 24.2 Å². The fraction of sp³-hybridized carbons (Fsp3) is 0.467. The molecule has 6 heteroatoms. The number of hydrogen-bond acceptors (Lipinski definition) is 4. The molecule has 0 aliphatic rings. The van der Waals surface area contributed by atoms with E-state index in [1.54, 1.807) is 24.3 Å². The van der Waals surface area contributed by atoms with Gasteiger partial charge in [0.2, 0.25) is 0 Å². The van der Waals surface area contributed by atoms with E-state index in [2.05, 4.69) is 15.5 Å². The number of carbonyl (C=O) groups is 1. The predicted octanol–water partition coefficient (Wildman–Crippen LogP) is 2.10. The van der Waals surface area contributed by atoms with Crippen LogP contribution < -0.4 is 10.6 Å². The second-order valence-corrected chi connectivity index (χ2v) is 5.62. The van der Waals surface area contributed by atoms with Gasteiger partial charge in [-0.1, -0.05) is 0 Å². The van der Waals surface area contributed by atoms with Crippen molar-refractivity contribution in [1.82, 2.24) is 10.2 Å². The van der Waals surface area contributed by atoms with E-state index in [9.17, 15) is 4.79 Å². The van der Waals surface area contributed by atoms with Crippen LogP contribution in [0, 0.1) is 0 Å². The van der Waals surface area contributed by atoms with Crippen molar-refractivity contribution in [1.29, 1.82) is 0 Å². The molecule has 0 fully saturated rings. The molecule has 0 amide bonds. The van der Waals surface area contributed by atoms with Crippen LogP contribution >= 0.6 is 12.2 Å². The molecule has 1 aromatic rings. The topological polar surface area (TPSA) is 53.6 Å². The Balaban J connectivity index is 2.47. The first kappa shape index (κ1) is 17.4. The second-order valence-electron chi connectivity index (χ2n) is 5.22. The molecule has 0 unspecified atom stereocenters. The van der Waals surface area contributed by atoms with Crippen LogP contribution in [0.5, 0.6) is 0 Å². The third-order valence-electron chi connectivity index (χ3n) is 2.57. The van der Waals surface area contributed by atoms with Gasteiger partial charge in [0.05, 0.1) is 11.7 Å². The maximum atomic E-state index is 11.7. The lowest BCUT2D eigenvalue weighted by atomic mass is 10.2. The molecule has 0 atom stereocenters. The molecule has 0 aliphatic heterocycles. The summed E-state index contributed by atoms with van der Waals surface area (Å²) in [6.07, 6.45) is -0.122. The van der Waals surface area contributed by atoms with Crippen molar-refractivity contribution in [3.05, 3.63) is 29.8 Å². The Morgan fingerprint density at radius 3 is 2.43 bits per heavy atom. The van der Waals surface area contributed by atoms with Gasteiger partial charge in [0.25, 0.3) is 0 Å². The fourth-order valence-electron chi connectivity index (χ4n) is 1.54. The lowest BCUT2D eigenvalue weighted by molar-refractivity contribution is 0.0378. The highest BCUT2D eigenvalue weighted by atomic mass is 32.1. The monoisotopic (exact) mass is 309 g/mol. The number of carbonyl (C=O) groups excluding carboxylic acids is 1. The van der Waals surface area contributed by atoms with Gasteiger partial charge in [-0.3, -0.25) is 0 Å². The summed E-state index contributed by atoms with van der Waals surface area (Å²) in [6.45, 7) is 5.33. The number of hydrogen-bond donors (Lipinski definition) is 2. The summed E-state index contributed by atoms with van der Waals surface area (Å²) < 4.78 is 5.13. The van der Waals surface area contributed by atoms with Crippen LogP contribution in [0.3, 0.4) is 0 Å². The summed E-state index contributed by atoms with van der Waals surface area (Å²) in [5, 5.41) is 6.75. The first-order chi connectivity index (χ1) is 9.88. The van der Waals surface area contributed by atoms with Gasteiger partial charge >= 0.3 is 5.97 Å². The largest absolute Gasteiger partial charge is 0.459 e. The van der Waals surface area contributed by atoms with Gasteiger partial charge in [-0.2, -0.15) is 0 Å². The van der Waals surface area contributed by atoms with E-state index in [0.29, 0.717) is 10.7 Å². The first-order valence-electron chi connectivity index (χ1n) is 6.89. The van der Waals surface area contributed by atoms with Gasteiger partial charge in [-0.15, -0.1) is 0 Å². The molecule has 0 saturated heterocycles. The standard InChI is InChI=1S/C15H23N3O2S/c1-11(2)20-14(19)12-5-7-13(8-6-12)17-15(21)16-9-10-18(3)4/h5-8,11H,9-10H2,1-4H3,(H2,16,17,21). The maximum absolute atomic E-state index is 11.7. The Kier molecular flexibility index (Phi) is 7.11. The number of benzene rings is 1. The summed E-state index contributed by atoms with van der Waals surface area (Å²) >= 11 is 5.20. The smallest absolute Gasteiger partial charge is 0.338 e. The number of esters is 1. The number of nitrogens with one attached hydrogen (secondary N) is 2. The molecule has 0 saturated carbocycles. The lowest BCUT2D eigenvalue weighted by Gasteiger charge is -2.13. The van der Waals surface area contributed by atoms with E-state index in [-0.39, 0.29) is 12.1 Å². The molecule has 0 spiro atoms. The van der Waals surface area contributed by atoms with E-state index in [4.69, 9.17) is 17.0 Å². The highest BCUT2D eigenvalue weighted by Crippen LogP contribution is 2.11. The number of rotatable bonds is 6. The van der Waals surface area contributed by atoms with Crippen molar-refractivity contribution in [2.75, 3.05) is 32.5 Å². The van der Waals surface area contributed by atoms with Crippen molar-refractivity contribution in [2.45, 2.75) is 20.0 Å². The fourth-order valence-corrected chi connectivity index (χ4v) is 1.76. The van der Waals surface area contributed by atoms with Gasteiger partial charge < -0.3 is 20.3 Å². The van der Waals surface area contributed by atoms with E-state index < -0.39 is 0 Å². The molecule has 0 bridgehead atoms. The van der Waals surface area contributed by atoms with E-state index >= 15 is 0 Å². The Labute approximate surface area is 131 Å². The van der Waals surface area contributed by atoms with Gasteiger partial charge in [-0.05, 0) is 64.4 Å². The summed E-state index contributed by atoms with van der Waals surface area (Å²) in [4.78, 5) is 13.8. The highest BCUT2D eigenvalue weighted by Gasteiger charge is 2.08. The number of likely N-dealkylation sites (N-methyl/N-ethyl adjacent to an activating group) is 1. The second kappa shape index (κ2) is 8.59. The highest BCUT2D eigenvalue weighted by molar-refractivity contribution is 7.80. The van der Waals surface area contributed by atoms with E-state index in [0.717, 1.165) is 18.8 Å². The third kappa shape index (κ3) is 7.06. The number of ether oxygens (including phenoxy) is 1. The Hall–Kier alpha value is -1.66. The molecule has 0 heterocycles. The van der Waals surface area contributed by atoms with Crippen LogP contribution in [0.4, 0.5) is 5.69 Å². The third-order valence-corrected chi connectivity index (χ3v) is 2.81. The van der Waals surface area contributed by atoms with Gasteiger partial charge in [0.1, 0.15) is 0 Å². The van der Waals surface area contributed by atoms with Crippen molar-refractivity contribution in [3.8, 4) is 0 Å². The van der Waals surface area contributed by atoms with Gasteiger partial charge in [-0.25, -0.2) is 4.79 Å². The van der Waals surface area contributed by atoms with E-state index in [1.165, 1.54) is 0 Å². The van der Waals surface area contributed by atoms with Crippen LogP contribution in [0.2, 0.25) is 0 Å². The Bertz CT molecular complexity index is 472. The maximum Gasteiger partial charge on any atom is 0.338 e. The molecular formula is C15H23N3O2S. The van der Waals surface area contributed by atoms with Crippen molar-refractivity contribution in [3.63, 3.8) is 0 Å². The van der Waals surface area contributed by atoms with Crippen LogP contribution in [-0.2, 0) is 4.74 Å². The Morgan fingerprint density at radius 1 is 1.29 bits per heavy atom. The quantitative estimate of drug-likeness (QED) is 0.620. The summed E-state index contributed by atoms with van der Waals surface area (Å²) in [7, 11) is 4.01. The van der Waals surface area contributed by atoms with Crippen molar-refractivity contribution < 1.29 is 9.53 Å². The normalized spacial score (nSPS) is 10.6. The van der Waals surface area contributed by atoms with Crippen molar-refractivity contribution >= 4 is 29.0 Å². The molecule has 0 aromatic heterocycles. The summed E-state index contributed by atoms with van der Waals surface area (Å²) in [5.74, 6) is -0.316. The molecule has 116 valence electrons. The minimum absolute atomic E-state index is 0.122. The minimum Gasteiger partial charge on any atom is -0.459 e. The average Bonchev–Trinajstić information content (AvgIpc) is 2.38. The average molecular weight is 309 g/mol. The van der Waals surface area contributed by atoms with Crippen LogP contribution in [-0.4, -0.2) is 49.3 Å². The number of anilines is 1. The zero-order valence-corrected chi connectivity index (χ0v) is 13.8. The van der Waals surface area contributed by atoms with E-state index in [1.807, 2.05) is 27.9 Å². The molecule has 0 aliphatic carbocycles. The number of thiocarbonyl (C=S) groups is 1. The van der Waals surface area contributed by atoms with Crippen LogP contribution in [0.15, 0.2) is 24.3 Å². The molecule has 5 nitrogen and oxygen atoms in total. The molecule has 21 heavy (non-hydrogen) atoms. The van der Waals surface area contributed by atoms with Crippen LogP contribution in [0.25, 0.3) is 0 Å². The summed E-state index contributed by atoms with van der Waals surface area (Å²) in [5.41, 5.74) is 1.36. The minimum atomic E-state index is -0.316. The SMILES string of the molecule is CC(C)OC(=O)c1ccc(NC(=S)NCCN(C)C)cc1. The zero-order chi connectivity index (χ0) is 15.8. The number of nitrogens with zero attached hydrogens (tertiary/aromatic N) is 1. The molecule has 0 radical (unpaired) electrons. The zero-order valence-electron chi connectivity index (χ0n) is 13.0. The molecule has 1 aromatic carbocycles. The van der Waals surface area contributed by atoms with Gasteiger partial charge in [0.15, 0.2) is 5.11 Å². The predicted molar refractivity (Wildman–Crippen MR) is 89.8 cm³/mol. The lowest BCUT2D eigenvalue weighted by Crippen LogP contribution is -2.34. The molecule has 2 N–H and O–H groups in total. The van der Waals surface area contributed by atoms with Crippen molar-refractivity contribution in [2.24, 2.45) is 0 Å². The first-order valence-corrected chi connectivity index (χ1v) is 7.30.